The lowest BCUT2D eigenvalue weighted by Gasteiger charge is -2.07. The van der Waals surface area contributed by atoms with Crippen LogP contribution in [0.5, 0.6) is 5.75 Å². The van der Waals surface area contributed by atoms with Gasteiger partial charge in [-0.05, 0) is 35.9 Å². The first-order valence-electron chi connectivity index (χ1n) is 6.06. The van der Waals surface area contributed by atoms with Gasteiger partial charge in [0.05, 0.1) is 10.6 Å². The standard InChI is InChI=1S/C15H12ClNO4/c16-12-7-10(4-5-13(12)18)14(19)17-8-9-2-1-3-11(6-9)15(20)21/h1-7,18H,8H2,(H,17,19)(H,20,21). The predicted octanol–water partition coefficient (Wildman–Crippen LogP) is 2.67. The number of nitrogens with one attached hydrogen (secondary N) is 1. The number of amides is 1. The van der Waals surface area contributed by atoms with Crippen LogP contribution in [0.15, 0.2) is 42.5 Å². The second-order valence-corrected chi connectivity index (χ2v) is 4.76. The number of hydrogen-bond donors (Lipinski definition) is 3. The van der Waals surface area contributed by atoms with E-state index in [1.165, 1.54) is 30.3 Å². The van der Waals surface area contributed by atoms with Crippen molar-refractivity contribution in [1.82, 2.24) is 5.32 Å². The van der Waals surface area contributed by atoms with Gasteiger partial charge in [-0.1, -0.05) is 23.7 Å². The van der Waals surface area contributed by atoms with Crippen LogP contribution in [0.4, 0.5) is 0 Å². The maximum absolute atomic E-state index is 11.9. The number of phenolic OH excluding ortho intramolecular Hbond substituents is 1. The lowest BCUT2D eigenvalue weighted by molar-refractivity contribution is 0.0696. The molecular weight excluding hydrogens is 294 g/mol. The molecule has 5 nitrogen and oxygen atoms in total. The molecule has 0 heterocycles. The molecule has 0 aliphatic heterocycles. The average Bonchev–Trinajstić information content (AvgIpc) is 2.48. The number of hydrogen-bond acceptors (Lipinski definition) is 3. The number of aromatic hydroxyl groups is 1. The van der Waals surface area contributed by atoms with Crippen molar-refractivity contribution in [3.05, 3.63) is 64.2 Å². The van der Waals surface area contributed by atoms with Crippen molar-refractivity contribution in [3.63, 3.8) is 0 Å². The van der Waals surface area contributed by atoms with Gasteiger partial charge in [0.15, 0.2) is 0 Å². The van der Waals surface area contributed by atoms with E-state index in [1.807, 2.05) is 0 Å². The Hall–Kier alpha value is -2.53. The summed E-state index contributed by atoms with van der Waals surface area (Å²) in [5, 5.41) is 20.9. The molecule has 0 bridgehead atoms. The first-order chi connectivity index (χ1) is 9.97. The molecule has 6 heteroatoms. The maximum Gasteiger partial charge on any atom is 0.335 e. The molecule has 21 heavy (non-hydrogen) atoms. The molecule has 0 fully saturated rings. The monoisotopic (exact) mass is 305 g/mol. The highest BCUT2D eigenvalue weighted by Crippen LogP contribution is 2.23. The Kier molecular flexibility index (Phi) is 4.45. The third-order valence-corrected chi connectivity index (χ3v) is 3.14. The Balaban J connectivity index is 2.05. The van der Waals surface area contributed by atoms with Gasteiger partial charge in [0, 0.05) is 12.1 Å². The van der Waals surface area contributed by atoms with Gasteiger partial charge in [0.25, 0.3) is 5.91 Å². The van der Waals surface area contributed by atoms with Gasteiger partial charge in [0.2, 0.25) is 0 Å². The zero-order valence-corrected chi connectivity index (χ0v) is 11.6. The van der Waals surface area contributed by atoms with E-state index in [-0.39, 0.29) is 28.8 Å². The normalized spacial score (nSPS) is 10.1. The van der Waals surface area contributed by atoms with Crippen LogP contribution in [-0.4, -0.2) is 22.1 Å². The van der Waals surface area contributed by atoms with E-state index in [0.29, 0.717) is 11.1 Å². The molecule has 3 N–H and O–H groups in total. The number of carboxylic acids is 1. The number of rotatable bonds is 4. The van der Waals surface area contributed by atoms with E-state index in [0.717, 1.165) is 0 Å². The van der Waals surface area contributed by atoms with E-state index in [4.69, 9.17) is 16.7 Å². The number of phenols is 1. The Morgan fingerprint density at radius 1 is 1.10 bits per heavy atom. The number of carbonyl (C=O) groups excluding carboxylic acids is 1. The summed E-state index contributed by atoms with van der Waals surface area (Å²) in [4.78, 5) is 22.8. The Bertz CT molecular complexity index is 700. The molecule has 0 saturated heterocycles. The second kappa shape index (κ2) is 6.28. The molecule has 0 aliphatic carbocycles. The first-order valence-corrected chi connectivity index (χ1v) is 6.44. The Morgan fingerprint density at radius 3 is 2.52 bits per heavy atom. The summed E-state index contributed by atoms with van der Waals surface area (Å²) >= 11 is 5.74. The molecule has 0 aromatic heterocycles. The molecule has 0 atom stereocenters. The van der Waals surface area contributed by atoms with Crippen LogP contribution >= 0.6 is 11.6 Å². The minimum Gasteiger partial charge on any atom is -0.506 e. The molecule has 108 valence electrons. The first kappa shape index (κ1) is 14.9. The molecule has 2 rings (SSSR count). The zero-order valence-electron chi connectivity index (χ0n) is 10.8. The van der Waals surface area contributed by atoms with Crippen LogP contribution in [0.25, 0.3) is 0 Å². The summed E-state index contributed by atoms with van der Waals surface area (Å²) in [6.07, 6.45) is 0. The fourth-order valence-electron chi connectivity index (χ4n) is 1.75. The van der Waals surface area contributed by atoms with Gasteiger partial charge >= 0.3 is 5.97 Å². The van der Waals surface area contributed by atoms with Gasteiger partial charge in [-0.15, -0.1) is 0 Å². The van der Waals surface area contributed by atoms with Crippen molar-refractivity contribution in [2.75, 3.05) is 0 Å². The molecule has 0 radical (unpaired) electrons. The number of carbonyl (C=O) groups is 2. The molecule has 0 spiro atoms. The largest absolute Gasteiger partial charge is 0.506 e. The van der Waals surface area contributed by atoms with E-state index >= 15 is 0 Å². The molecule has 2 aromatic rings. The third kappa shape index (κ3) is 3.73. The van der Waals surface area contributed by atoms with Gasteiger partial charge < -0.3 is 15.5 Å². The minimum atomic E-state index is -1.02. The van der Waals surface area contributed by atoms with Crippen LogP contribution in [0.2, 0.25) is 5.02 Å². The van der Waals surface area contributed by atoms with Crippen LogP contribution in [0.3, 0.4) is 0 Å². The van der Waals surface area contributed by atoms with E-state index in [1.54, 1.807) is 12.1 Å². The topological polar surface area (TPSA) is 86.6 Å². The summed E-state index contributed by atoms with van der Waals surface area (Å²) in [6, 6.07) is 10.4. The van der Waals surface area contributed by atoms with Gasteiger partial charge in [-0.3, -0.25) is 4.79 Å². The third-order valence-electron chi connectivity index (χ3n) is 2.84. The van der Waals surface area contributed by atoms with Gasteiger partial charge in [-0.2, -0.15) is 0 Å². The van der Waals surface area contributed by atoms with Gasteiger partial charge in [0.1, 0.15) is 5.75 Å². The molecule has 1 amide bonds. The number of benzene rings is 2. The summed E-state index contributed by atoms with van der Waals surface area (Å²) in [7, 11) is 0. The number of halogens is 1. The van der Waals surface area contributed by atoms with Crippen molar-refractivity contribution >= 4 is 23.5 Å². The Morgan fingerprint density at radius 2 is 1.86 bits per heavy atom. The smallest absolute Gasteiger partial charge is 0.335 e. The fourth-order valence-corrected chi connectivity index (χ4v) is 1.93. The molecule has 0 unspecified atom stereocenters. The quantitative estimate of drug-likeness (QED) is 0.810. The summed E-state index contributed by atoms with van der Waals surface area (Å²) in [5.74, 6) is -1.48. The maximum atomic E-state index is 11.9. The molecule has 2 aromatic carbocycles. The lowest BCUT2D eigenvalue weighted by Crippen LogP contribution is -2.22. The Labute approximate surface area is 125 Å². The summed E-state index contributed by atoms with van der Waals surface area (Å²) < 4.78 is 0. The highest BCUT2D eigenvalue weighted by Gasteiger charge is 2.09. The molecule has 0 aliphatic rings. The van der Waals surface area contributed by atoms with E-state index in [2.05, 4.69) is 5.32 Å². The second-order valence-electron chi connectivity index (χ2n) is 4.35. The lowest BCUT2D eigenvalue weighted by atomic mass is 10.1. The van der Waals surface area contributed by atoms with Crippen LogP contribution in [0, 0.1) is 0 Å². The van der Waals surface area contributed by atoms with Crippen LogP contribution in [0.1, 0.15) is 26.3 Å². The van der Waals surface area contributed by atoms with Crippen LogP contribution < -0.4 is 5.32 Å². The highest BCUT2D eigenvalue weighted by atomic mass is 35.5. The average molecular weight is 306 g/mol. The van der Waals surface area contributed by atoms with Gasteiger partial charge in [-0.25, -0.2) is 4.79 Å². The predicted molar refractivity (Wildman–Crippen MR) is 77.7 cm³/mol. The SMILES string of the molecule is O=C(O)c1cccc(CNC(=O)c2ccc(O)c(Cl)c2)c1. The minimum absolute atomic E-state index is 0.0931. The number of aromatic carboxylic acids is 1. The zero-order chi connectivity index (χ0) is 15.4. The van der Waals surface area contributed by atoms with Crippen LogP contribution in [-0.2, 0) is 6.54 Å². The van der Waals surface area contributed by atoms with Crippen molar-refractivity contribution in [1.29, 1.82) is 0 Å². The number of carboxylic acid groups (broad SMARTS) is 1. The van der Waals surface area contributed by atoms with Crippen molar-refractivity contribution in [2.45, 2.75) is 6.54 Å². The summed E-state index contributed by atoms with van der Waals surface area (Å²) in [5.41, 5.74) is 1.15. The van der Waals surface area contributed by atoms with Crippen molar-refractivity contribution < 1.29 is 19.8 Å². The highest BCUT2D eigenvalue weighted by molar-refractivity contribution is 6.32. The summed E-state index contributed by atoms with van der Waals surface area (Å²) in [6.45, 7) is 0.193. The molecular formula is C15H12ClNO4. The van der Waals surface area contributed by atoms with Crippen molar-refractivity contribution in [2.24, 2.45) is 0 Å². The van der Waals surface area contributed by atoms with Crippen molar-refractivity contribution in [3.8, 4) is 5.75 Å². The van der Waals surface area contributed by atoms with E-state index < -0.39 is 5.97 Å². The molecule has 0 saturated carbocycles. The fraction of sp³-hybridized carbons (Fsp3) is 0.0667. The van der Waals surface area contributed by atoms with E-state index in [9.17, 15) is 14.7 Å².